The molecule has 0 aromatic carbocycles. The normalized spacial score (nSPS) is 18.2. The standard InChI is InChI=1S/C12H22N2O3/c1-3-13(9-11(15)16)10(2)12(17)14-7-5-4-6-8-14/h10H,3-9H2,1-2H3,(H,15,16). The molecule has 0 aromatic rings. The summed E-state index contributed by atoms with van der Waals surface area (Å²) < 4.78 is 0. The molecular weight excluding hydrogens is 220 g/mol. The molecule has 17 heavy (non-hydrogen) atoms. The molecule has 1 aliphatic rings. The molecule has 0 radical (unpaired) electrons. The number of likely N-dealkylation sites (N-methyl/N-ethyl adjacent to an activating group) is 1. The largest absolute Gasteiger partial charge is 0.480 e. The van der Waals surface area contributed by atoms with Gasteiger partial charge in [0.2, 0.25) is 5.91 Å². The van der Waals surface area contributed by atoms with Crippen molar-refractivity contribution in [3.63, 3.8) is 0 Å². The van der Waals surface area contributed by atoms with Crippen molar-refractivity contribution < 1.29 is 14.7 Å². The highest BCUT2D eigenvalue weighted by atomic mass is 16.4. The van der Waals surface area contributed by atoms with E-state index < -0.39 is 5.97 Å². The van der Waals surface area contributed by atoms with Crippen LogP contribution in [0.15, 0.2) is 0 Å². The molecule has 5 nitrogen and oxygen atoms in total. The Morgan fingerprint density at radius 1 is 1.29 bits per heavy atom. The van der Waals surface area contributed by atoms with Crippen LogP contribution in [0, 0.1) is 0 Å². The van der Waals surface area contributed by atoms with E-state index in [-0.39, 0.29) is 18.5 Å². The summed E-state index contributed by atoms with van der Waals surface area (Å²) in [5.41, 5.74) is 0. The summed E-state index contributed by atoms with van der Waals surface area (Å²) >= 11 is 0. The number of aliphatic carboxylic acids is 1. The van der Waals surface area contributed by atoms with Gasteiger partial charge in [-0.15, -0.1) is 0 Å². The van der Waals surface area contributed by atoms with E-state index in [0.717, 1.165) is 25.9 Å². The van der Waals surface area contributed by atoms with E-state index in [2.05, 4.69) is 0 Å². The van der Waals surface area contributed by atoms with E-state index in [1.165, 1.54) is 6.42 Å². The van der Waals surface area contributed by atoms with Crippen molar-refractivity contribution in [2.75, 3.05) is 26.2 Å². The second-order valence-electron chi connectivity index (χ2n) is 4.52. The van der Waals surface area contributed by atoms with Gasteiger partial charge in [0.25, 0.3) is 0 Å². The predicted octanol–water partition coefficient (Wildman–Crippen LogP) is 0.794. The Bertz CT molecular complexity index is 275. The van der Waals surface area contributed by atoms with Crippen molar-refractivity contribution >= 4 is 11.9 Å². The third kappa shape index (κ3) is 4.00. The minimum atomic E-state index is -0.884. The highest BCUT2D eigenvalue weighted by molar-refractivity contribution is 5.82. The van der Waals surface area contributed by atoms with Crippen LogP contribution >= 0.6 is 0 Å². The predicted molar refractivity (Wildman–Crippen MR) is 64.8 cm³/mol. The monoisotopic (exact) mass is 242 g/mol. The lowest BCUT2D eigenvalue weighted by Gasteiger charge is -2.33. The molecule has 1 rings (SSSR count). The summed E-state index contributed by atoms with van der Waals surface area (Å²) in [6, 6.07) is -0.339. The maximum atomic E-state index is 12.2. The van der Waals surface area contributed by atoms with Gasteiger partial charge in [0.05, 0.1) is 12.6 Å². The number of carbonyl (C=O) groups is 2. The Balaban J connectivity index is 2.56. The molecule has 0 bridgehead atoms. The first-order chi connectivity index (χ1) is 8.06. The Morgan fingerprint density at radius 2 is 1.88 bits per heavy atom. The number of piperidine rings is 1. The smallest absolute Gasteiger partial charge is 0.317 e. The van der Waals surface area contributed by atoms with Crippen LogP contribution in [-0.4, -0.2) is 59.0 Å². The van der Waals surface area contributed by atoms with Crippen LogP contribution in [0.3, 0.4) is 0 Å². The highest BCUT2D eigenvalue weighted by Crippen LogP contribution is 2.12. The van der Waals surface area contributed by atoms with E-state index >= 15 is 0 Å². The van der Waals surface area contributed by atoms with Gasteiger partial charge in [-0.3, -0.25) is 14.5 Å². The molecule has 1 saturated heterocycles. The summed E-state index contributed by atoms with van der Waals surface area (Å²) in [6.45, 7) is 5.80. The number of hydrogen-bond acceptors (Lipinski definition) is 3. The van der Waals surface area contributed by atoms with Gasteiger partial charge in [-0.2, -0.15) is 0 Å². The summed E-state index contributed by atoms with van der Waals surface area (Å²) in [4.78, 5) is 26.4. The Morgan fingerprint density at radius 3 is 2.35 bits per heavy atom. The molecule has 0 saturated carbocycles. The lowest BCUT2D eigenvalue weighted by molar-refractivity contribution is -0.142. The zero-order valence-electron chi connectivity index (χ0n) is 10.7. The number of nitrogens with zero attached hydrogens (tertiary/aromatic N) is 2. The lowest BCUT2D eigenvalue weighted by atomic mass is 10.1. The van der Waals surface area contributed by atoms with Crippen LogP contribution in [0.25, 0.3) is 0 Å². The quantitative estimate of drug-likeness (QED) is 0.774. The summed E-state index contributed by atoms with van der Waals surface area (Å²) in [7, 11) is 0. The number of carboxylic acids is 1. The van der Waals surface area contributed by atoms with Gasteiger partial charge in [-0.1, -0.05) is 6.92 Å². The molecule has 0 aromatic heterocycles. The molecule has 98 valence electrons. The van der Waals surface area contributed by atoms with E-state index in [1.54, 1.807) is 11.8 Å². The number of hydrogen-bond donors (Lipinski definition) is 1. The van der Waals surface area contributed by atoms with Crippen molar-refractivity contribution in [3.05, 3.63) is 0 Å². The first-order valence-electron chi connectivity index (χ1n) is 6.31. The van der Waals surface area contributed by atoms with E-state index in [0.29, 0.717) is 6.54 Å². The highest BCUT2D eigenvalue weighted by Gasteiger charge is 2.27. The van der Waals surface area contributed by atoms with Crippen molar-refractivity contribution in [2.24, 2.45) is 0 Å². The van der Waals surface area contributed by atoms with Crippen LogP contribution in [0.5, 0.6) is 0 Å². The molecule has 5 heteroatoms. The Labute approximate surface area is 102 Å². The van der Waals surface area contributed by atoms with E-state index in [4.69, 9.17) is 5.11 Å². The second-order valence-corrected chi connectivity index (χ2v) is 4.52. The molecule has 1 fully saturated rings. The number of carboxylic acid groups (broad SMARTS) is 1. The van der Waals surface area contributed by atoms with Gasteiger partial charge in [-0.05, 0) is 32.7 Å². The fourth-order valence-electron chi connectivity index (χ4n) is 2.23. The Hall–Kier alpha value is -1.10. The molecule has 0 aliphatic carbocycles. The minimum Gasteiger partial charge on any atom is -0.480 e. The van der Waals surface area contributed by atoms with Crippen molar-refractivity contribution in [1.82, 2.24) is 9.80 Å². The van der Waals surface area contributed by atoms with E-state index in [1.807, 2.05) is 11.8 Å². The molecule has 1 N–H and O–H groups in total. The summed E-state index contributed by atoms with van der Waals surface area (Å²) in [5, 5.41) is 8.79. The molecule has 1 unspecified atom stereocenters. The average molecular weight is 242 g/mol. The van der Waals surface area contributed by atoms with Crippen molar-refractivity contribution in [1.29, 1.82) is 0 Å². The first kappa shape index (κ1) is 14.0. The summed E-state index contributed by atoms with van der Waals surface area (Å²) in [5.74, 6) is -0.821. The van der Waals surface area contributed by atoms with Gasteiger partial charge >= 0.3 is 5.97 Å². The lowest BCUT2D eigenvalue weighted by Crippen LogP contribution is -2.49. The maximum Gasteiger partial charge on any atom is 0.317 e. The second kappa shape index (κ2) is 6.59. The molecular formula is C12H22N2O3. The van der Waals surface area contributed by atoms with Crippen LogP contribution in [-0.2, 0) is 9.59 Å². The average Bonchev–Trinajstić information content (AvgIpc) is 2.35. The molecule has 0 spiro atoms. The van der Waals surface area contributed by atoms with Crippen LogP contribution in [0.4, 0.5) is 0 Å². The van der Waals surface area contributed by atoms with Crippen LogP contribution in [0.1, 0.15) is 33.1 Å². The number of rotatable bonds is 5. The first-order valence-corrected chi connectivity index (χ1v) is 6.31. The Kier molecular flexibility index (Phi) is 5.41. The summed E-state index contributed by atoms with van der Waals surface area (Å²) in [6.07, 6.45) is 3.30. The van der Waals surface area contributed by atoms with Gasteiger partial charge in [0.15, 0.2) is 0 Å². The topological polar surface area (TPSA) is 60.9 Å². The fourth-order valence-corrected chi connectivity index (χ4v) is 2.23. The van der Waals surface area contributed by atoms with Crippen molar-refractivity contribution in [3.8, 4) is 0 Å². The molecule has 1 heterocycles. The van der Waals surface area contributed by atoms with Gasteiger partial charge in [-0.25, -0.2) is 0 Å². The minimum absolute atomic E-state index is 0.0628. The number of likely N-dealkylation sites (tertiary alicyclic amines) is 1. The maximum absolute atomic E-state index is 12.2. The van der Waals surface area contributed by atoms with Crippen molar-refractivity contribution in [2.45, 2.75) is 39.2 Å². The van der Waals surface area contributed by atoms with Crippen LogP contribution in [0.2, 0.25) is 0 Å². The zero-order chi connectivity index (χ0) is 12.8. The zero-order valence-corrected chi connectivity index (χ0v) is 10.7. The number of carbonyl (C=O) groups excluding carboxylic acids is 1. The third-order valence-electron chi connectivity index (χ3n) is 3.32. The molecule has 1 aliphatic heterocycles. The SMILES string of the molecule is CCN(CC(=O)O)C(C)C(=O)N1CCCCC1. The molecule has 1 amide bonds. The fraction of sp³-hybridized carbons (Fsp3) is 0.833. The van der Waals surface area contributed by atoms with Gasteiger partial charge in [0.1, 0.15) is 0 Å². The van der Waals surface area contributed by atoms with Crippen LogP contribution < -0.4 is 0 Å². The number of amides is 1. The van der Waals surface area contributed by atoms with Gasteiger partial charge in [0, 0.05) is 13.1 Å². The third-order valence-corrected chi connectivity index (χ3v) is 3.32. The van der Waals surface area contributed by atoms with Gasteiger partial charge < -0.3 is 10.0 Å². The molecule has 1 atom stereocenters. The van der Waals surface area contributed by atoms with E-state index in [9.17, 15) is 9.59 Å².